The number of carbonyl (C=O) groups excluding carboxylic acids is 2. The van der Waals surface area contributed by atoms with Crippen LogP contribution in [0.25, 0.3) is 11.4 Å². The second-order valence-corrected chi connectivity index (χ2v) is 7.75. The molecular formula is C23H34N4O2. The molecule has 2 aromatic rings. The number of Topliss-reactive ketones (excluding diaryl/α,β-unsaturated/α-hetero) is 2. The molecule has 2 rings (SSSR count). The highest BCUT2D eigenvalue weighted by Crippen LogP contribution is 2.17. The molecule has 0 saturated heterocycles. The van der Waals surface area contributed by atoms with Gasteiger partial charge in [-0.15, -0.1) is 5.10 Å². The summed E-state index contributed by atoms with van der Waals surface area (Å²) in [6.07, 6.45) is 14.3. The first kappa shape index (κ1) is 22.9. The molecule has 158 valence electrons. The van der Waals surface area contributed by atoms with Crippen LogP contribution in [-0.2, 0) is 4.79 Å². The molecule has 1 aromatic heterocycles. The van der Waals surface area contributed by atoms with Crippen LogP contribution in [0.1, 0.15) is 101 Å². The predicted octanol–water partition coefficient (Wildman–Crippen LogP) is 5.71. The van der Waals surface area contributed by atoms with Gasteiger partial charge in [-0.3, -0.25) is 9.59 Å². The number of aromatic amines is 1. The van der Waals surface area contributed by atoms with Gasteiger partial charge in [0.2, 0.25) is 0 Å². The fraction of sp³-hybridized carbons (Fsp3) is 0.609. The Morgan fingerprint density at radius 2 is 1.55 bits per heavy atom. The van der Waals surface area contributed by atoms with E-state index in [0.717, 1.165) is 18.4 Å². The van der Waals surface area contributed by atoms with E-state index in [1.165, 1.54) is 57.8 Å². The third-order valence-electron chi connectivity index (χ3n) is 5.22. The molecule has 29 heavy (non-hydrogen) atoms. The molecule has 0 amide bonds. The molecule has 0 bridgehead atoms. The smallest absolute Gasteiger partial charge is 0.179 e. The van der Waals surface area contributed by atoms with Crippen LogP contribution in [0.4, 0.5) is 0 Å². The van der Waals surface area contributed by atoms with Gasteiger partial charge in [-0.1, -0.05) is 89.3 Å². The first-order chi connectivity index (χ1) is 14.2. The molecule has 0 fully saturated rings. The number of hydrogen-bond acceptors (Lipinski definition) is 5. The van der Waals surface area contributed by atoms with Gasteiger partial charge < -0.3 is 0 Å². The third-order valence-corrected chi connectivity index (χ3v) is 5.22. The minimum absolute atomic E-state index is 0.0256. The van der Waals surface area contributed by atoms with Crippen molar-refractivity contribution in [2.24, 2.45) is 0 Å². The molecule has 1 aromatic carbocycles. The summed E-state index contributed by atoms with van der Waals surface area (Å²) in [5.74, 6) is 0.386. The van der Waals surface area contributed by atoms with E-state index in [1.54, 1.807) is 18.2 Å². The molecule has 0 aliphatic rings. The lowest BCUT2D eigenvalue weighted by atomic mass is 10.00. The van der Waals surface area contributed by atoms with Crippen molar-refractivity contribution in [3.05, 3.63) is 29.8 Å². The SMILES string of the molecule is CCCCCCCCCCCCCC(=O)CC(=O)c1cccc(-c2nnn[nH]2)c1. The van der Waals surface area contributed by atoms with Crippen LogP contribution < -0.4 is 0 Å². The van der Waals surface area contributed by atoms with Crippen molar-refractivity contribution in [2.75, 3.05) is 0 Å². The van der Waals surface area contributed by atoms with Gasteiger partial charge in [0.25, 0.3) is 0 Å². The highest BCUT2D eigenvalue weighted by Gasteiger charge is 2.13. The van der Waals surface area contributed by atoms with Crippen molar-refractivity contribution in [3.8, 4) is 11.4 Å². The number of ketones is 2. The molecule has 0 saturated carbocycles. The van der Waals surface area contributed by atoms with E-state index in [4.69, 9.17) is 0 Å². The van der Waals surface area contributed by atoms with E-state index < -0.39 is 0 Å². The Morgan fingerprint density at radius 3 is 2.17 bits per heavy atom. The van der Waals surface area contributed by atoms with Gasteiger partial charge in [-0.2, -0.15) is 0 Å². The summed E-state index contributed by atoms with van der Waals surface area (Å²) >= 11 is 0. The van der Waals surface area contributed by atoms with Crippen LogP contribution in [0.2, 0.25) is 0 Å². The Balaban J connectivity index is 1.56. The molecule has 6 heteroatoms. The zero-order chi connectivity index (χ0) is 20.7. The number of nitrogens with one attached hydrogen (secondary N) is 1. The topological polar surface area (TPSA) is 88.6 Å². The second kappa shape index (κ2) is 13.7. The summed E-state index contributed by atoms with van der Waals surface area (Å²) in [7, 11) is 0. The van der Waals surface area contributed by atoms with E-state index in [2.05, 4.69) is 27.5 Å². The summed E-state index contributed by atoms with van der Waals surface area (Å²) in [5.41, 5.74) is 1.25. The first-order valence-corrected chi connectivity index (χ1v) is 11.1. The van der Waals surface area contributed by atoms with Crippen LogP contribution in [0.3, 0.4) is 0 Å². The number of tetrazole rings is 1. The van der Waals surface area contributed by atoms with Crippen molar-refractivity contribution in [3.63, 3.8) is 0 Å². The van der Waals surface area contributed by atoms with E-state index in [1.807, 2.05) is 6.07 Å². The maximum absolute atomic E-state index is 12.4. The summed E-state index contributed by atoms with van der Waals surface area (Å²) in [6, 6.07) is 7.05. The lowest BCUT2D eigenvalue weighted by Gasteiger charge is -2.04. The average molecular weight is 399 g/mol. The van der Waals surface area contributed by atoms with Gasteiger partial charge in [0.1, 0.15) is 5.78 Å². The predicted molar refractivity (Wildman–Crippen MR) is 115 cm³/mol. The highest BCUT2D eigenvalue weighted by molar-refractivity contribution is 6.08. The zero-order valence-corrected chi connectivity index (χ0v) is 17.7. The Hall–Kier alpha value is -2.37. The molecule has 6 nitrogen and oxygen atoms in total. The van der Waals surface area contributed by atoms with Crippen LogP contribution in [0.5, 0.6) is 0 Å². The minimum Gasteiger partial charge on any atom is -0.299 e. The lowest BCUT2D eigenvalue weighted by Crippen LogP contribution is -2.08. The van der Waals surface area contributed by atoms with Crippen molar-refractivity contribution in [1.82, 2.24) is 20.6 Å². The van der Waals surface area contributed by atoms with Crippen LogP contribution in [-0.4, -0.2) is 32.2 Å². The van der Waals surface area contributed by atoms with E-state index in [0.29, 0.717) is 17.8 Å². The largest absolute Gasteiger partial charge is 0.299 e. The van der Waals surface area contributed by atoms with Crippen molar-refractivity contribution < 1.29 is 9.59 Å². The standard InChI is InChI=1S/C23H34N4O2/c1-2-3-4-5-6-7-8-9-10-11-12-16-21(28)18-22(29)19-14-13-15-20(17-19)23-24-26-27-25-23/h13-15,17H,2-12,16,18H2,1H3,(H,24,25,26,27). The number of hydrogen-bond donors (Lipinski definition) is 1. The first-order valence-electron chi connectivity index (χ1n) is 11.1. The second-order valence-electron chi connectivity index (χ2n) is 7.75. The number of nitrogens with zero attached hydrogens (tertiary/aromatic N) is 3. The maximum atomic E-state index is 12.4. The molecule has 1 heterocycles. The van der Waals surface area contributed by atoms with E-state index >= 15 is 0 Å². The monoisotopic (exact) mass is 398 g/mol. The van der Waals surface area contributed by atoms with Crippen LogP contribution >= 0.6 is 0 Å². The van der Waals surface area contributed by atoms with Crippen LogP contribution in [0.15, 0.2) is 24.3 Å². The van der Waals surface area contributed by atoms with E-state index in [-0.39, 0.29) is 18.0 Å². The molecule has 0 spiro atoms. The average Bonchev–Trinajstić information content (AvgIpc) is 3.27. The quantitative estimate of drug-likeness (QED) is 0.222. The van der Waals surface area contributed by atoms with Crippen molar-refractivity contribution >= 4 is 11.6 Å². The molecule has 1 N–H and O–H groups in total. The van der Waals surface area contributed by atoms with Crippen LogP contribution in [0, 0.1) is 0 Å². The number of aromatic nitrogens is 4. The van der Waals surface area contributed by atoms with E-state index in [9.17, 15) is 9.59 Å². The summed E-state index contributed by atoms with van der Waals surface area (Å²) in [5, 5.41) is 13.6. The fourth-order valence-corrected chi connectivity index (χ4v) is 3.48. The molecular weight excluding hydrogens is 364 g/mol. The highest BCUT2D eigenvalue weighted by atomic mass is 16.1. The van der Waals surface area contributed by atoms with Gasteiger partial charge in [0.05, 0.1) is 6.42 Å². The summed E-state index contributed by atoms with van der Waals surface area (Å²) in [4.78, 5) is 24.5. The number of unbranched alkanes of at least 4 members (excludes halogenated alkanes) is 10. The number of carbonyl (C=O) groups is 2. The molecule has 0 aliphatic heterocycles. The van der Waals surface area contributed by atoms with Crippen molar-refractivity contribution in [1.29, 1.82) is 0 Å². The Labute approximate surface area is 173 Å². The molecule has 0 unspecified atom stereocenters. The number of rotatable bonds is 16. The normalized spacial score (nSPS) is 10.9. The number of benzene rings is 1. The number of H-pyrrole nitrogens is 1. The zero-order valence-electron chi connectivity index (χ0n) is 17.7. The summed E-state index contributed by atoms with van der Waals surface area (Å²) in [6.45, 7) is 2.25. The van der Waals surface area contributed by atoms with Gasteiger partial charge in [0.15, 0.2) is 11.6 Å². The fourth-order valence-electron chi connectivity index (χ4n) is 3.48. The maximum Gasteiger partial charge on any atom is 0.179 e. The Morgan fingerprint density at radius 1 is 0.897 bits per heavy atom. The van der Waals surface area contributed by atoms with Gasteiger partial charge in [-0.25, -0.2) is 5.10 Å². The molecule has 0 aliphatic carbocycles. The van der Waals surface area contributed by atoms with Gasteiger partial charge in [0, 0.05) is 17.5 Å². The van der Waals surface area contributed by atoms with Gasteiger partial charge >= 0.3 is 0 Å². The minimum atomic E-state index is -0.146. The molecule has 0 atom stereocenters. The molecule has 0 radical (unpaired) electrons. The third kappa shape index (κ3) is 9.11. The van der Waals surface area contributed by atoms with Gasteiger partial charge in [-0.05, 0) is 22.9 Å². The summed E-state index contributed by atoms with van der Waals surface area (Å²) < 4.78 is 0. The Kier molecular flexibility index (Phi) is 10.9. The van der Waals surface area contributed by atoms with Crippen molar-refractivity contribution in [2.45, 2.75) is 90.4 Å². The lowest BCUT2D eigenvalue weighted by molar-refractivity contribution is -0.118. The Bertz CT molecular complexity index is 728.